The number of nitrogens with zero attached hydrogens (tertiary/aromatic N) is 6. The van der Waals surface area contributed by atoms with Crippen molar-refractivity contribution < 1.29 is 13.2 Å². The van der Waals surface area contributed by atoms with Crippen LogP contribution in [-0.4, -0.2) is 63.3 Å². The van der Waals surface area contributed by atoms with Crippen LogP contribution in [0.1, 0.15) is 44.8 Å². The van der Waals surface area contributed by atoms with Gasteiger partial charge in [0.2, 0.25) is 10.0 Å². The topological polar surface area (TPSA) is 95.1 Å². The number of fused-ring (bicyclic) bond motifs is 1. The smallest absolute Gasteiger partial charge is 0.243 e. The monoisotopic (exact) mass is 478 g/mol. The molecular weight excluding hydrogens is 448 g/mol. The van der Waals surface area contributed by atoms with Gasteiger partial charge in [-0.15, -0.1) is 10.2 Å². The summed E-state index contributed by atoms with van der Waals surface area (Å²) >= 11 is 1.59. The van der Waals surface area contributed by atoms with E-state index in [1.807, 2.05) is 17.7 Å². The van der Waals surface area contributed by atoms with E-state index in [1.165, 1.54) is 4.31 Å². The van der Waals surface area contributed by atoms with E-state index in [2.05, 4.69) is 35.5 Å². The first-order valence-corrected chi connectivity index (χ1v) is 13.3. The molecule has 9 nitrogen and oxygen atoms in total. The summed E-state index contributed by atoms with van der Waals surface area (Å²) in [6.45, 7) is 8.74. The number of sulfonamides is 1. The fraction of sp³-hybridized carbons (Fsp3) is 0.571. The SMILES string of the molecule is CCCn1c(CSc2nnc(C(C)C)n2C)nc2cc(S(=O)(=O)N3CCOCC3)ccc21. The number of hydrogen-bond acceptors (Lipinski definition) is 7. The van der Waals surface area contributed by atoms with E-state index in [0.29, 0.717) is 43.5 Å². The molecule has 0 bridgehead atoms. The summed E-state index contributed by atoms with van der Waals surface area (Å²) in [7, 11) is -1.58. The Balaban J connectivity index is 1.63. The highest BCUT2D eigenvalue weighted by Crippen LogP contribution is 2.28. The van der Waals surface area contributed by atoms with Gasteiger partial charge in [-0.1, -0.05) is 32.5 Å². The summed E-state index contributed by atoms with van der Waals surface area (Å²) in [5, 5.41) is 9.47. The lowest BCUT2D eigenvalue weighted by atomic mass is 10.2. The highest BCUT2D eigenvalue weighted by molar-refractivity contribution is 7.98. The minimum atomic E-state index is -3.56. The number of benzene rings is 1. The van der Waals surface area contributed by atoms with Crippen LogP contribution in [-0.2, 0) is 34.1 Å². The van der Waals surface area contributed by atoms with E-state index in [4.69, 9.17) is 9.72 Å². The molecule has 0 amide bonds. The van der Waals surface area contributed by atoms with E-state index in [9.17, 15) is 8.42 Å². The Hall–Kier alpha value is -1.95. The quantitative estimate of drug-likeness (QED) is 0.459. The highest BCUT2D eigenvalue weighted by Gasteiger charge is 2.27. The minimum absolute atomic E-state index is 0.280. The molecule has 0 aliphatic carbocycles. The van der Waals surface area contributed by atoms with Gasteiger partial charge in [0.25, 0.3) is 0 Å². The molecule has 0 spiro atoms. The largest absolute Gasteiger partial charge is 0.379 e. The third kappa shape index (κ3) is 4.43. The summed E-state index contributed by atoms with van der Waals surface area (Å²) in [6, 6.07) is 5.26. The average Bonchev–Trinajstić information content (AvgIpc) is 3.32. The lowest BCUT2D eigenvalue weighted by molar-refractivity contribution is 0.0730. The summed E-state index contributed by atoms with van der Waals surface area (Å²) in [6.07, 6.45) is 0.957. The van der Waals surface area contributed by atoms with Crippen molar-refractivity contribution in [3.8, 4) is 0 Å². The normalized spacial score (nSPS) is 15.8. The second-order valence-electron chi connectivity index (χ2n) is 8.19. The molecule has 174 valence electrons. The molecule has 0 unspecified atom stereocenters. The number of aryl methyl sites for hydroxylation is 1. The Morgan fingerprint density at radius 2 is 1.94 bits per heavy atom. The first-order chi connectivity index (χ1) is 15.3. The first kappa shape index (κ1) is 23.2. The van der Waals surface area contributed by atoms with E-state index < -0.39 is 10.0 Å². The van der Waals surface area contributed by atoms with Crippen molar-refractivity contribution in [1.29, 1.82) is 0 Å². The van der Waals surface area contributed by atoms with Crippen LogP contribution >= 0.6 is 11.8 Å². The van der Waals surface area contributed by atoms with Gasteiger partial charge >= 0.3 is 0 Å². The molecule has 3 heterocycles. The van der Waals surface area contributed by atoms with Gasteiger partial charge in [-0.3, -0.25) is 0 Å². The number of aromatic nitrogens is 5. The van der Waals surface area contributed by atoms with Crippen molar-refractivity contribution in [2.75, 3.05) is 26.3 Å². The van der Waals surface area contributed by atoms with Crippen molar-refractivity contribution in [1.82, 2.24) is 28.6 Å². The van der Waals surface area contributed by atoms with Crippen molar-refractivity contribution in [3.63, 3.8) is 0 Å². The molecule has 11 heteroatoms. The van der Waals surface area contributed by atoms with Crippen molar-refractivity contribution >= 4 is 32.8 Å². The number of thioether (sulfide) groups is 1. The van der Waals surface area contributed by atoms with Gasteiger partial charge in [0.05, 0.1) is 34.9 Å². The zero-order chi connectivity index (χ0) is 22.9. The van der Waals surface area contributed by atoms with Crippen molar-refractivity contribution in [2.24, 2.45) is 7.05 Å². The van der Waals surface area contributed by atoms with Crippen LogP contribution < -0.4 is 0 Å². The van der Waals surface area contributed by atoms with Gasteiger partial charge in [-0.2, -0.15) is 4.31 Å². The third-order valence-corrected chi connectivity index (χ3v) is 8.48. The molecule has 0 N–H and O–H groups in total. The van der Waals surface area contributed by atoms with Crippen molar-refractivity contribution in [3.05, 3.63) is 29.8 Å². The maximum absolute atomic E-state index is 13.1. The molecule has 0 radical (unpaired) electrons. The number of hydrogen-bond donors (Lipinski definition) is 0. The van der Waals surface area contributed by atoms with Gasteiger partial charge in [0, 0.05) is 32.6 Å². The maximum Gasteiger partial charge on any atom is 0.243 e. The molecule has 0 atom stereocenters. The first-order valence-electron chi connectivity index (χ1n) is 10.9. The molecule has 1 aliphatic rings. The van der Waals surface area contributed by atoms with Crippen LogP contribution in [0.4, 0.5) is 0 Å². The molecule has 1 aliphatic heterocycles. The predicted octanol–water partition coefficient (Wildman–Crippen LogP) is 3.01. The van der Waals surface area contributed by atoms with Crippen LogP contribution in [0.2, 0.25) is 0 Å². The molecule has 32 heavy (non-hydrogen) atoms. The number of ether oxygens (including phenoxy) is 1. The van der Waals surface area contributed by atoms with E-state index in [-0.39, 0.29) is 4.90 Å². The molecule has 0 saturated carbocycles. The van der Waals surface area contributed by atoms with Gasteiger partial charge < -0.3 is 13.9 Å². The third-order valence-electron chi connectivity index (χ3n) is 5.57. The minimum Gasteiger partial charge on any atom is -0.379 e. The number of rotatable bonds is 8. The van der Waals surface area contributed by atoms with Gasteiger partial charge in [0.1, 0.15) is 11.6 Å². The molecular formula is C21H30N6O3S2. The Labute approximate surface area is 193 Å². The molecule has 1 saturated heterocycles. The fourth-order valence-electron chi connectivity index (χ4n) is 3.92. The zero-order valence-corrected chi connectivity index (χ0v) is 20.6. The predicted molar refractivity (Wildman–Crippen MR) is 124 cm³/mol. The van der Waals surface area contributed by atoms with Crippen LogP contribution in [0.5, 0.6) is 0 Å². The molecule has 1 fully saturated rings. The van der Waals surface area contributed by atoms with Crippen LogP contribution in [0.25, 0.3) is 11.0 Å². The van der Waals surface area contributed by atoms with Gasteiger partial charge in [0.15, 0.2) is 5.16 Å². The molecule has 3 aromatic rings. The summed E-state index contributed by atoms with van der Waals surface area (Å²) in [5.41, 5.74) is 1.65. The van der Waals surface area contributed by atoms with Crippen LogP contribution in [0.15, 0.2) is 28.3 Å². The van der Waals surface area contributed by atoms with Gasteiger partial charge in [-0.25, -0.2) is 13.4 Å². The maximum atomic E-state index is 13.1. The van der Waals surface area contributed by atoms with E-state index in [1.54, 1.807) is 23.9 Å². The lowest BCUT2D eigenvalue weighted by Gasteiger charge is -2.26. The Morgan fingerprint density at radius 3 is 2.59 bits per heavy atom. The highest BCUT2D eigenvalue weighted by atomic mass is 32.2. The number of imidazole rings is 1. The fourth-order valence-corrected chi connectivity index (χ4v) is 6.22. The second kappa shape index (κ2) is 9.50. The van der Waals surface area contributed by atoms with Crippen LogP contribution in [0, 0.1) is 0 Å². The van der Waals surface area contributed by atoms with E-state index in [0.717, 1.165) is 35.3 Å². The van der Waals surface area contributed by atoms with Crippen LogP contribution in [0.3, 0.4) is 0 Å². The van der Waals surface area contributed by atoms with Crippen molar-refractivity contribution in [2.45, 2.75) is 55.5 Å². The molecule has 4 rings (SSSR count). The zero-order valence-electron chi connectivity index (χ0n) is 19.0. The Morgan fingerprint density at radius 1 is 1.19 bits per heavy atom. The van der Waals surface area contributed by atoms with Gasteiger partial charge in [-0.05, 0) is 24.6 Å². The van der Waals surface area contributed by atoms with E-state index >= 15 is 0 Å². The summed E-state index contributed by atoms with van der Waals surface area (Å²) in [5.74, 6) is 2.79. The second-order valence-corrected chi connectivity index (χ2v) is 11.1. The Bertz CT molecular complexity index is 1200. The lowest BCUT2D eigenvalue weighted by Crippen LogP contribution is -2.40. The number of morpholine rings is 1. The Kier molecular flexibility index (Phi) is 6.89. The summed E-state index contributed by atoms with van der Waals surface area (Å²) in [4.78, 5) is 5.09. The average molecular weight is 479 g/mol. The summed E-state index contributed by atoms with van der Waals surface area (Å²) < 4.78 is 37.1. The standard InChI is InChI=1S/C21H30N6O3S2/c1-5-8-27-18-7-6-16(32(28,29)26-9-11-30-12-10-26)13-17(18)22-19(27)14-31-21-24-23-20(15(2)3)25(21)4/h6-7,13,15H,5,8-12,14H2,1-4H3. The molecule has 2 aromatic heterocycles. The molecule has 1 aromatic carbocycles.